The maximum atomic E-state index is 11.6. The van der Waals surface area contributed by atoms with E-state index in [4.69, 9.17) is 4.74 Å². The van der Waals surface area contributed by atoms with Crippen LogP contribution >= 0.6 is 0 Å². The fourth-order valence-corrected chi connectivity index (χ4v) is 1.48. The number of hydrogen-bond acceptors (Lipinski definition) is 3. The Labute approximate surface area is 89.4 Å². The molecule has 3 nitrogen and oxygen atoms in total. The van der Waals surface area contributed by atoms with Gasteiger partial charge in [0.15, 0.2) is 0 Å². The van der Waals surface area contributed by atoms with E-state index in [0.717, 1.165) is 12.8 Å². The second kappa shape index (κ2) is 4.03. The predicted molar refractivity (Wildman–Crippen MR) is 57.7 cm³/mol. The lowest BCUT2D eigenvalue weighted by Gasteiger charge is -2.13. The van der Waals surface area contributed by atoms with E-state index in [1.54, 1.807) is 12.1 Å². The third-order valence-electron chi connectivity index (χ3n) is 2.87. The van der Waals surface area contributed by atoms with Crippen molar-refractivity contribution in [3.8, 4) is 0 Å². The molecule has 0 atom stereocenters. The highest BCUT2D eigenvalue weighted by molar-refractivity contribution is 5.89. The van der Waals surface area contributed by atoms with Crippen LogP contribution in [0.5, 0.6) is 0 Å². The maximum Gasteiger partial charge on any atom is 0.338 e. The molecule has 0 unspecified atom stereocenters. The summed E-state index contributed by atoms with van der Waals surface area (Å²) in [6.45, 7) is 0.469. The van der Waals surface area contributed by atoms with Crippen LogP contribution in [0, 0.1) is 0 Å². The Hall–Kier alpha value is -1.35. The van der Waals surface area contributed by atoms with Gasteiger partial charge in [0.1, 0.15) is 6.61 Å². The molecule has 0 aromatic heterocycles. The van der Waals surface area contributed by atoms with Gasteiger partial charge in [0, 0.05) is 0 Å². The zero-order valence-electron chi connectivity index (χ0n) is 8.82. The summed E-state index contributed by atoms with van der Waals surface area (Å²) in [5.74, 6) is -0.239. The topological polar surface area (TPSA) is 38.3 Å². The SMILES string of the molecule is CNC1(COC(=O)c2ccccc2)CC1. The fraction of sp³-hybridized carbons (Fsp3) is 0.417. The van der Waals surface area contributed by atoms with Crippen molar-refractivity contribution < 1.29 is 9.53 Å². The molecule has 0 aliphatic heterocycles. The summed E-state index contributed by atoms with van der Waals surface area (Å²) in [6, 6.07) is 9.08. The molecule has 1 aromatic rings. The monoisotopic (exact) mass is 205 g/mol. The van der Waals surface area contributed by atoms with Crippen molar-refractivity contribution in [3.63, 3.8) is 0 Å². The Morgan fingerprint density at radius 2 is 2.07 bits per heavy atom. The van der Waals surface area contributed by atoms with Crippen molar-refractivity contribution in [2.45, 2.75) is 18.4 Å². The van der Waals surface area contributed by atoms with Gasteiger partial charge in [0.2, 0.25) is 0 Å². The van der Waals surface area contributed by atoms with Crippen molar-refractivity contribution in [1.29, 1.82) is 0 Å². The lowest BCUT2D eigenvalue weighted by molar-refractivity contribution is 0.0453. The summed E-state index contributed by atoms with van der Waals surface area (Å²) in [6.07, 6.45) is 2.18. The van der Waals surface area contributed by atoms with E-state index < -0.39 is 0 Å². The molecule has 80 valence electrons. The van der Waals surface area contributed by atoms with Gasteiger partial charge in [-0.15, -0.1) is 0 Å². The molecule has 1 fully saturated rings. The molecule has 0 amide bonds. The van der Waals surface area contributed by atoms with E-state index in [0.29, 0.717) is 12.2 Å². The number of ether oxygens (including phenoxy) is 1. The first-order valence-corrected chi connectivity index (χ1v) is 5.17. The first-order chi connectivity index (χ1) is 7.26. The number of carbonyl (C=O) groups excluding carboxylic acids is 1. The number of hydrogen-bond donors (Lipinski definition) is 1. The Morgan fingerprint density at radius 1 is 1.40 bits per heavy atom. The first-order valence-electron chi connectivity index (χ1n) is 5.17. The molecule has 0 spiro atoms. The van der Waals surface area contributed by atoms with Crippen LogP contribution in [0.3, 0.4) is 0 Å². The average Bonchev–Trinajstić information content (AvgIpc) is 3.08. The quantitative estimate of drug-likeness (QED) is 0.759. The summed E-state index contributed by atoms with van der Waals surface area (Å²) in [4.78, 5) is 11.6. The maximum absolute atomic E-state index is 11.6. The number of rotatable bonds is 4. The first kappa shape index (κ1) is 10.2. The molecule has 0 bridgehead atoms. The smallest absolute Gasteiger partial charge is 0.338 e. The standard InChI is InChI=1S/C12H15NO2/c1-13-12(7-8-12)9-15-11(14)10-5-3-2-4-6-10/h2-6,13H,7-9H2,1H3. The predicted octanol–water partition coefficient (Wildman–Crippen LogP) is 1.60. The van der Waals surface area contributed by atoms with Gasteiger partial charge < -0.3 is 10.1 Å². The molecular weight excluding hydrogens is 190 g/mol. The minimum Gasteiger partial charge on any atom is -0.460 e. The van der Waals surface area contributed by atoms with E-state index in [1.165, 1.54) is 0 Å². The molecule has 1 aromatic carbocycles. The number of likely N-dealkylation sites (N-methyl/N-ethyl adjacent to an activating group) is 1. The van der Waals surface area contributed by atoms with E-state index in [2.05, 4.69) is 5.32 Å². The average molecular weight is 205 g/mol. The van der Waals surface area contributed by atoms with Crippen molar-refractivity contribution >= 4 is 5.97 Å². The van der Waals surface area contributed by atoms with Crippen LogP contribution in [0.4, 0.5) is 0 Å². The van der Waals surface area contributed by atoms with Crippen LogP contribution in [0.2, 0.25) is 0 Å². The molecule has 1 aliphatic carbocycles. The van der Waals surface area contributed by atoms with E-state index >= 15 is 0 Å². The molecule has 0 saturated heterocycles. The summed E-state index contributed by atoms with van der Waals surface area (Å²) in [5, 5.41) is 3.18. The van der Waals surface area contributed by atoms with Gasteiger partial charge in [-0.3, -0.25) is 0 Å². The van der Waals surface area contributed by atoms with Gasteiger partial charge >= 0.3 is 5.97 Å². The zero-order chi connectivity index (χ0) is 10.7. The normalized spacial score (nSPS) is 17.1. The Morgan fingerprint density at radius 3 is 2.60 bits per heavy atom. The largest absolute Gasteiger partial charge is 0.460 e. The summed E-state index contributed by atoms with van der Waals surface area (Å²) in [5.41, 5.74) is 0.675. The molecule has 2 rings (SSSR count). The van der Waals surface area contributed by atoms with Crippen molar-refractivity contribution in [3.05, 3.63) is 35.9 Å². The Kier molecular flexibility index (Phi) is 2.73. The minimum atomic E-state index is -0.239. The highest BCUT2D eigenvalue weighted by Gasteiger charge is 2.42. The van der Waals surface area contributed by atoms with E-state index in [9.17, 15) is 4.79 Å². The lowest BCUT2D eigenvalue weighted by Crippen LogP contribution is -2.33. The van der Waals surface area contributed by atoms with E-state index in [1.807, 2.05) is 25.2 Å². The molecule has 1 aliphatic rings. The van der Waals surface area contributed by atoms with Gasteiger partial charge in [0.05, 0.1) is 11.1 Å². The molecule has 0 radical (unpaired) electrons. The van der Waals surface area contributed by atoms with Gasteiger partial charge in [0.25, 0.3) is 0 Å². The minimum absolute atomic E-state index is 0.0600. The third kappa shape index (κ3) is 2.36. The highest BCUT2D eigenvalue weighted by Crippen LogP contribution is 2.35. The second-order valence-electron chi connectivity index (χ2n) is 3.97. The highest BCUT2D eigenvalue weighted by atomic mass is 16.5. The van der Waals surface area contributed by atoms with Crippen molar-refractivity contribution in [2.24, 2.45) is 0 Å². The zero-order valence-corrected chi connectivity index (χ0v) is 8.82. The molecule has 0 heterocycles. The summed E-state index contributed by atoms with van der Waals surface area (Å²) < 4.78 is 5.24. The van der Waals surface area contributed by atoms with Crippen LogP contribution in [-0.2, 0) is 4.74 Å². The van der Waals surface area contributed by atoms with Gasteiger partial charge in [-0.05, 0) is 32.0 Å². The van der Waals surface area contributed by atoms with Crippen LogP contribution < -0.4 is 5.32 Å². The van der Waals surface area contributed by atoms with Crippen LogP contribution in [-0.4, -0.2) is 25.2 Å². The molecule has 15 heavy (non-hydrogen) atoms. The number of carbonyl (C=O) groups is 1. The summed E-state index contributed by atoms with van der Waals surface area (Å²) in [7, 11) is 1.91. The Balaban J connectivity index is 1.88. The van der Waals surface area contributed by atoms with Gasteiger partial charge in [-0.25, -0.2) is 4.79 Å². The molecule has 1 saturated carbocycles. The van der Waals surface area contributed by atoms with Gasteiger partial charge in [-0.2, -0.15) is 0 Å². The third-order valence-corrected chi connectivity index (χ3v) is 2.87. The van der Waals surface area contributed by atoms with Crippen LogP contribution in [0.15, 0.2) is 30.3 Å². The molecule has 3 heteroatoms. The fourth-order valence-electron chi connectivity index (χ4n) is 1.48. The molecule has 1 N–H and O–H groups in total. The van der Waals surface area contributed by atoms with Crippen LogP contribution in [0.25, 0.3) is 0 Å². The second-order valence-corrected chi connectivity index (χ2v) is 3.97. The Bertz CT molecular complexity index is 344. The van der Waals surface area contributed by atoms with Gasteiger partial charge in [-0.1, -0.05) is 18.2 Å². The number of nitrogens with one attached hydrogen (secondary N) is 1. The summed E-state index contributed by atoms with van der Waals surface area (Å²) >= 11 is 0. The van der Waals surface area contributed by atoms with Crippen LogP contribution in [0.1, 0.15) is 23.2 Å². The lowest BCUT2D eigenvalue weighted by atomic mass is 10.2. The van der Waals surface area contributed by atoms with E-state index in [-0.39, 0.29) is 11.5 Å². The van der Waals surface area contributed by atoms with Crippen molar-refractivity contribution in [1.82, 2.24) is 5.32 Å². The van der Waals surface area contributed by atoms with Crippen molar-refractivity contribution in [2.75, 3.05) is 13.7 Å². The number of benzene rings is 1. The molecular formula is C12H15NO2. The number of esters is 1.